The van der Waals surface area contributed by atoms with Gasteiger partial charge in [-0.05, 0) is 37.1 Å². The summed E-state index contributed by atoms with van der Waals surface area (Å²) < 4.78 is 32.8. The molecule has 0 spiro atoms. The molecule has 1 atom stereocenters. The van der Waals surface area contributed by atoms with Crippen LogP contribution in [0, 0.1) is 11.6 Å². The van der Waals surface area contributed by atoms with Gasteiger partial charge in [0.1, 0.15) is 23.0 Å². The van der Waals surface area contributed by atoms with Gasteiger partial charge < -0.3 is 15.4 Å². The van der Waals surface area contributed by atoms with Crippen molar-refractivity contribution >= 4 is 17.3 Å². The Balaban J connectivity index is 1.68. The molecule has 0 aliphatic carbocycles. The quantitative estimate of drug-likeness (QED) is 0.883. The number of nitrogens with zero attached hydrogens (tertiary/aromatic N) is 1. The summed E-state index contributed by atoms with van der Waals surface area (Å²) in [7, 11) is 0. The molecule has 126 valence electrons. The first-order valence-corrected chi connectivity index (χ1v) is 7.70. The molecule has 7 heteroatoms. The van der Waals surface area contributed by atoms with Crippen LogP contribution in [0.4, 0.5) is 20.2 Å². The summed E-state index contributed by atoms with van der Waals surface area (Å²) in [6.07, 6.45) is 3.35. The van der Waals surface area contributed by atoms with Crippen LogP contribution in [0.1, 0.15) is 23.3 Å². The number of halogens is 2. The van der Waals surface area contributed by atoms with Gasteiger partial charge in [0.15, 0.2) is 0 Å². The first-order chi connectivity index (χ1) is 11.6. The molecular formula is C17H17F2N3O2. The summed E-state index contributed by atoms with van der Waals surface area (Å²) in [4.78, 5) is 16.1. The summed E-state index contributed by atoms with van der Waals surface area (Å²) in [5.41, 5.74) is 0.264. The number of aromatic nitrogens is 1. The maximum absolute atomic E-state index is 13.7. The second-order valence-electron chi connectivity index (χ2n) is 5.50. The third-order valence-corrected chi connectivity index (χ3v) is 3.74. The van der Waals surface area contributed by atoms with Crippen molar-refractivity contribution in [3.05, 3.63) is 53.9 Å². The SMILES string of the molecule is O=C(NCC1CCCO1)c1cc(Nc2c(F)cccc2F)ccn1. The lowest BCUT2D eigenvalue weighted by atomic mass is 10.2. The normalized spacial score (nSPS) is 16.8. The van der Waals surface area contributed by atoms with Crippen molar-refractivity contribution < 1.29 is 18.3 Å². The molecule has 1 aromatic carbocycles. The second kappa shape index (κ2) is 7.35. The van der Waals surface area contributed by atoms with E-state index in [1.807, 2.05) is 0 Å². The van der Waals surface area contributed by atoms with Crippen LogP contribution >= 0.6 is 0 Å². The molecule has 0 saturated carbocycles. The molecule has 2 aromatic rings. The smallest absolute Gasteiger partial charge is 0.270 e. The van der Waals surface area contributed by atoms with E-state index in [1.54, 1.807) is 0 Å². The van der Waals surface area contributed by atoms with E-state index in [0.29, 0.717) is 18.8 Å². The van der Waals surface area contributed by atoms with Crippen LogP contribution < -0.4 is 10.6 Å². The first kappa shape index (κ1) is 16.3. The maximum atomic E-state index is 13.7. The van der Waals surface area contributed by atoms with E-state index < -0.39 is 11.6 Å². The number of anilines is 2. The van der Waals surface area contributed by atoms with Crippen LogP contribution in [0.5, 0.6) is 0 Å². The molecule has 1 fully saturated rings. The Morgan fingerprint density at radius 2 is 2.08 bits per heavy atom. The average molecular weight is 333 g/mol. The van der Waals surface area contributed by atoms with E-state index in [-0.39, 0.29) is 23.4 Å². The Labute approximate surface area is 138 Å². The van der Waals surface area contributed by atoms with Gasteiger partial charge in [-0.15, -0.1) is 0 Å². The average Bonchev–Trinajstić information content (AvgIpc) is 3.10. The molecule has 0 radical (unpaired) electrons. The fourth-order valence-electron chi connectivity index (χ4n) is 2.50. The van der Waals surface area contributed by atoms with Crippen LogP contribution in [-0.4, -0.2) is 30.1 Å². The second-order valence-corrected chi connectivity index (χ2v) is 5.50. The number of ether oxygens (including phenoxy) is 1. The molecule has 0 bridgehead atoms. The summed E-state index contributed by atoms with van der Waals surface area (Å²) >= 11 is 0. The highest BCUT2D eigenvalue weighted by Gasteiger charge is 2.17. The minimum absolute atomic E-state index is 0.0303. The number of amides is 1. The summed E-state index contributed by atoms with van der Waals surface area (Å²) in [5, 5.41) is 5.39. The van der Waals surface area contributed by atoms with Gasteiger partial charge in [-0.1, -0.05) is 6.07 Å². The molecule has 1 aliphatic rings. The summed E-state index contributed by atoms with van der Waals surface area (Å²) in [6.45, 7) is 1.13. The number of nitrogens with one attached hydrogen (secondary N) is 2. The van der Waals surface area contributed by atoms with Crippen molar-refractivity contribution in [1.82, 2.24) is 10.3 Å². The fraction of sp³-hybridized carbons (Fsp3) is 0.294. The van der Waals surface area contributed by atoms with Gasteiger partial charge in [0.25, 0.3) is 5.91 Å². The standard InChI is InChI=1S/C17H17F2N3O2/c18-13-4-1-5-14(19)16(13)22-11-6-7-20-15(9-11)17(23)21-10-12-3-2-8-24-12/h1,4-7,9,12H,2-3,8,10H2,(H,20,22)(H,21,23). The van der Waals surface area contributed by atoms with E-state index in [2.05, 4.69) is 15.6 Å². The zero-order valence-corrected chi connectivity index (χ0v) is 12.9. The number of carbonyl (C=O) groups excluding carboxylic acids is 1. The molecule has 1 amide bonds. The third-order valence-electron chi connectivity index (χ3n) is 3.74. The van der Waals surface area contributed by atoms with E-state index in [1.165, 1.54) is 24.4 Å². The maximum Gasteiger partial charge on any atom is 0.270 e. The zero-order valence-electron chi connectivity index (χ0n) is 12.9. The Morgan fingerprint density at radius 3 is 2.79 bits per heavy atom. The molecular weight excluding hydrogens is 316 g/mol. The Morgan fingerprint density at radius 1 is 1.29 bits per heavy atom. The van der Waals surface area contributed by atoms with Crippen LogP contribution in [0.3, 0.4) is 0 Å². The highest BCUT2D eigenvalue weighted by atomic mass is 19.1. The van der Waals surface area contributed by atoms with Crippen molar-refractivity contribution in [2.75, 3.05) is 18.5 Å². The van der Waals surface area contributed by atoms with E-state index in [0.717, 1.165) is 25.0 Å². The van der Waals surface area contributed by atoms with Gasteiger partial charge in [0, 0.05) is 25.0 Å². The van der Waals surface area contributed by atoms with Crippen LogP contribution in [-0.2, 0) is 4.74 Å². The number of hydrogen-bond acceptors (Lipinski definition) is 4. The third kappa shape index (κ3) is 3.86. The number of hydrogen-bond donors (Lipinski definition) is 2. The minimum atomic E-state index is -0.712. The lowest BCUT2D eigenvalue weighted by Gasteiger charge is -2.12. The molecule has 24 heavy (non-hydrogen) atoms. The van der Waals surface area contributed by atoms with Gasteiger partial charge in [0.05, 0.1) is 6.10 Å². The number of pyridine rings is 1. The lowest BCUT2D eigenvalue weighted by Crippen LogP contribution is -2.32. The fourth-order valence-corrected chi connectivity index (χ4v) is 2.50. The molecule has 2 N–H and O–H groups in total. The topological polar surface area (TPSA) is 63.2 Å². The van der Waals surface area contributed by atoms with Crippen molar-refractivity contribution in [2.45, 2.75) is 18.9 Å². The van der Waals surface area contributed by atoms with Gasteiger partial charge in [-0.25, -0.2) is 8.78 Å². The number of carbonyl (C=O) groups is 1. The summed E-state index contributed by atoms with van der Waals surface area (Å²) in [6, 6.07) is 6.56. The van der Waals surface area contributed by atoms with Crippen molar-refractivity contribution in [2.24, 2.45) is 0 Å². The highest BCUT2D eigenvalue weighted by Crippen LogP contribution is 2.23. The molecule has 1 aliphatic heterocycles. The van der Waals surface area contributed by atoms with Crippen molar-refractivity contribution in [3.8, 4) is 0 Å². The number of para-hydroxylation sites is 1. The van der Waals surface area contributed by atoms with Gasteiger partial charge in [-0.3, -0.25) is 9.78 Å². The number of rotatable bonds is 5. The first-order valence-electron chi connectivity index (χ1n) is 7.70. The minimum Gasteiger partial charge on any atom is -0.376 e. The van der Waals surface area contributed by atoms with Gasteiger partial charge in [0.2, 0.25) is 0 Å². The molecule has 3 rings (SSSR count). The van der Waals surface area contributed by atoms with E-state index in [4.69, 9.17) is 4.74 Å². The van der Waals surface area contributed by atoms with E-state index >= 15 is 0 Å². The predicted molar refractivity (Wildman–Crippen MR) is 85.2 cm³/mol. The monoisotopic (exact) mass is 333 g/mol. The molecule has 1 aromatic heterocycles. The number of benzene rings is 1. The van der Waals surface area contributed by atoms with Gasteiger partial charge >= 0.3 is 0 Å². The Bertz CT molecular complexity index is 713. The Kier molecular flexibility index (Phi) is 5.00. The molecule has 1 unspecified atom stereocenters. The van der Waals surface area contributed by atoms with Crippen molar-refractivity contribution in [1.29, 1.82) is 0 Å². The van der Waals surface area contributed by atoms with Gasteiger partial charge in [-0.2, -0.15) is 0 Å². The van der Waals surface area contributed by atoms with Crippen LogP contribution in [0.2, 0.25) is 0 Å². The molecule has 2 heterocycles. The molecule has 1 saturated heterocycles. The lowest BCUT2D eigenvalue weighted by molar-refractivity contribution is 0.0854. The summed E-state index contributed by atoms with van der Waals surface area (Å²) in [5.74, 6) is -1.78. The predicted octanol–water partition coefficient (Wildman–Crippen LogP) is 3.01. The largest absolute Gasteiger partial charge is 0.376 e. The Hall–Kier alpha value is -2.54. The van der Waals surface area contributed by atoms with Crippen LogP contribution in [0.15, 0.2) is 36.5 Å². The van der Waals surface area contributed by atoms with Crippen molar-refractivity contribution in [3.63, 3.8) is 0 Å². The zero-order chi connectivity index (χ0) is 16.9. The highest BCUT2D eigenvalue weighted by molar-refractivity contribution is 5.93. The molecule has 5 nitrogen and oxygen atoms in total. The van der Waals surface area contributed by atoms with Crippen LogP contribution in [0.25, 0.3) is 0 Å². The van der Waals surface area contributed by atoms with E-state index in [9.17, 15) is 13.6 Å².